The lowest BCUT2D eigenvalue weighted by Gasteiger charge is -2.29. The molecule has 2 nitrogen and oxygen atoms in total. The number of hydrogen-bond acceptors (Lipinski definition) is 2. The maximum absolute atomic E-state index is 6.40. The van der Waals surface area contributed by atoms with Crippen LogP contribution in [0.2, 0.25) is 0 Å². The average molecular weight is 604 g/mol. The van der Waals surface area contributed by atoms with Crippen molar-refractivity contribution in [3.63, 3.8) is 0 Å². The number of nitrogens with zero attached hydrogens (tertiary/aromatic N) is 1. The summed E-state index contributed by atoms with van der Waals surface area (Å²) in [7, 11) is 0. The summed E-state index contributed by atoms with van der Waals surface area (Å²) in [6.07, 6.45) is 0. The Balaban J connectivity index is 1.23. The molecular formula is C45H33NO. The van der Waals surface area contributed by atoms with Crippen molar-refractivity contribution in [3.05, 3.63) is 175 Å². The van der Waals surface area contributed by atoms with Crippen molar-refractivity contribution in [2.45, 2.75) is 19.3 Å². The van der Waals surface area contributed by atoms with Gasteiger partial charge in [-0.2, -0.15) is 0 Å². The first-order valence-corrected chi connectivity index (χ1v) is 16.3. The van der Waals surface area contributed by atoms with Crippen molar-refractivity contribution in [3.8, 4) is 33.4 Å². The summed E-state index contributed by atoms with van der Waals surface area (Å²) in [5.41, 5.74) is 15.1. The van der Waals surface area contributed by atoms with E-state index < -0.39 is 0 Å². The second-order valence-corrected chi connectivity index (χ2v) is 12.9. The van der Waals surface area contributed by atoms with Crippen molar-refractivity contribution < 1.29 is 4.42 Å². The Morgan fingerprint density at radius 3 is 2.00 bits per heavy atom. The second-order valence-electron chi connectivity index (χ2n) is 12.9. The standard InChI is InChI=1S/C45H33NO/c1-45(2)39-21-8-6-18-38(39)43-40(45)22-12-23-41(43)46(34-16-10-15-32(29-34)30-13-4-3-5-14-30)33-27-25-31(26-28-33)35-19-11-20-37-36-17-7-9-24-42(36)47-44(35)37/h3-29H,1-2H3. The van der Waals surface area contributed by atoms with E-state index >= 15 is 0 Å². The first-order chi connectivity index (χ1) is 23.1. The van der Waals surface area contributed by atoms with E-state index in [4.69, 9.17) is 4.42 Å². The van der Waals surface area contributed by atoms with Gasteiger partial charge in [0.15, 0.2) is 0 Å². The van der Waals surface area contributed by atoms with Crippen LogP contribution in [0.25, 0.3) is 55.3 Å². The first kappa shape index (κ1) is 27.5. The van der Waals surface area contributed by atoms with Gasteiger partial charge in [0.25, 0.3) is 0 Å². The minimum absolute atomic E-state index is 0.0887. The van der Waals surface area contributed by atoms with Gasteiger partial charge in [0, 0.05) is 38.7 Å². The van der Waals surface area contributed by atoms with Crippen LogP contribution in [0.3, 0.4) is 0 Å². The van der Waals surface area contributed by atoms with Crippen LogP contribution in [0.5, 0.6) is 0 Å². The zero-order chi connectivity index (χ0) is 31.5. The molecule has 0 fully saturated rings. The van der Waals surface area contributed by atoms with E-state index in [1.807, 2.05) is 12.1 Å². The molecule has 47 heavy (non-hydrogen) atoms. The molecular weight excluding hydrogens is 571 g/mol. The summed E-state index contributed by atoms with van der Waals surface area (Å²) in [5.74, 6) is 0. The van der Waals surface area contributed by atoms with Gasteiger partial charge in [-0.05, 0) is 69.8 Å². The molecule has 0 bridgehead atoms. The zero-order valence-corrected chi connectivity index (χ0v) is 26.4. The molecule has 1 aromatic heterocycles. The molecule has 0 amide bonds. The Morgan fingerprint density at radius 2 is 1.13 bits per heavy atom. The van der Waals surface area contributed by atoms with Crippen LogP contribution in [-0.4, -0.2) is 0 Å². The summed E-state index contributed by atoms with van der Waals surface area (Å²) in [4.78, 5) is 2.43. The third-order valence-corrected chi connectivity index (χ3v) is 9.88. The van der Waals surface area contributed by atoms with E-state index in [9.17, 15) is 0 Å². The quantitative estimate of drug-likeness (QED) is 0.195. The van der Waals surface area contributed by atoms with Crippen molar-refractivity contribution >= 4 is 39.0 Å². The summed E-state index contributed by atoms with van der Waals surface area (Å²) in [6.45, 7) is 4.69. The van der Waals surface area contributed by atoms with Gasteiger partial charge in [0.05, 0.1) is 5.69 Å². The topological polar surface area (TPSA) is 16.4 Å². The molecule has 0 aliphatic heterocycles. The minimum atomic E-state index is -0.0887. The summed E-state index contributed by atoms with van der Waals surface area (Å²) in [5, 5.41) is 2.29. The fourth-order valence-corrected chi connectivity index (χ4v) is 7.57. The molecule has 224 valence electrons. The summed E-state index contributed by atoms with van der Waals surface area (Å²) >= 11 is 0. The number of benzene rings is 7. The van der Waals surface area contributed by atoms with Crippen molar-refractivity contribution in [1.29, 1.82) is 0 Å². The lowest BCUT2D eigenvalue weighted by Crippen LogP contribution is -2.16. The summed E-state index contributed by atoms with van der Waals surface area (Å²) in [6, 6.07) is 58.9. The van der Waals surface area contributed by atoms with Gasteiger partial charge in [0.1, 0.15) is 11.2 Å². The van der Waals surface area contributed by atoms with Crippen LogP contribution in [-0.2, 0) is 5.41 Å². The average Bonchev–Trinajstić information content (AvgIpc) is 3.62. The van der Waals surface area contributed by atoms with Gasteiger partial charge in [-0.25, -0.2) is 0 Å². The number of anilines is 3. The number of rotatable bonds is 5. The number of furan rings is 1. The lowest BCUT2D eigenvalue weighted by atomic mass is 9.82. The molecule has 1 aliphatic carbocycles. The molecule has 1 aliphatic rings. The number of hydrogen-bond donors (Lipinski definition) is 0. The van der Waals surface area contributed by atoms with E-state index in [1.165, 1.54) is 39.1 Å². The smallest absolute Gasteiger partial charge is 0.143 e. The highest BCUT2D eigenvalue weighted by atomic mass is 16.3. The maximum atomic E-state index is 6.40. The highest BCUT2D eigenvalue weighted by Crippen LogP contribution is 2.54. The van der Waals surface area contributed by atoms with Gasteiger partial charge in [-0.15, -0.1) is 0 Å². The van der Waals surface area contributed by atoms with Gasteiger partial charge in [-0.1, -0.05) is 141 Å². The fraction of sp³-hybridized carbons (Fsp3) is 0.0667. The van der Waals surface area contributed by atoms with Crippen LogP contribution >= 0.6 is 0 Å². The molecule has 0 spiro atoms. The SMILES string of the molecule is CC1(C)c2ccccc2-c2c(N(c3ccc(-c4cccc5c4oc4ccccc45)cc3)c3cccc(-c4ccccc4)c3)cccc21. The predicted molar refractivity (Wildman–Crippen MR) is 197 cm³/mol. The number of fused-ring (bicyclic) bond motifs is 6. The molecule has 0 N–H and O–H groups in total. The lowest BCUT2D eigenvalue weighted by molar-refractivity contribution is 0.660. The Kier molecular flexibility index (Phi) is 6.20. The second kappa shape index (κ2) is 10.6. The van der Waals surface area contributed by atoms with Crippen LogP contribution < -0.4 is 4.90 Å². The van der Waals surface area contributed by atoms with Crippen molar-refractivity contribution in [1.82, 2.24) is 0 Å². The third kappa shape index (κ3) is 4.33. The van der Waals surface area contributed by atoms with Gasteiger partial charge >= 0.3 is 0 Å². The molecule has 0 radical (unpaired) electrons. The fourth-order valence-electron chi connectivity index (χ4n) is 7.57. The van der Waals surface area contributed by atoms with Gasteiger partial charge < -0.3 is 9.32 Å². The predicted octanol–water partition coefficient (Wildman–Crippen LogP) is 12.7. The Bertz CT molecular complexity index is 2430. The largest absolute Gasteiger partial charge is 0.455 e. The molecule has 1 heterocycles. The maximum Gasteiger partial charge on any atom is 0.143 e. The van der Waals surface area contributed by atoms with Crippen molar-refractivity contribution in [2.24, 2.45) is 0 Å². The highest BCUT2D eigenvalue weighted by Gasteiger charge is 2.37. The molecule has 0 unspecified atom stereocenters. The Hall–Kier alpha value is -5.86. The van der Waals surface area contributed by atoms with Crippen LogP contribution in [0.15, 0.2) is 168 Å². The van der Waals surface area contributed by atoms with Crippen LogP contribution in [0, 0.1) is 0 Å². The van der Waals surface area contributed by atoms with Gasteiger partial charge in [0.2, 0.25) is 0 Å². The third-order valence-electron chi connectivity index (χ3n) is 9.88. The molecule has 8 aromatic rings. The molecule has 0 saturated heterocycles. The molecule has 0 atom stereocenters. The van der Waals surface area contributed by atoms with Crippen LogP contribution in [0.4, 0.5) is 17.1 Å². The van der Waals surface area contributed by atoms with Gasteiger partial charge in [-0.3, -0.25) is 0 Å². The summed E-state index contributed by atoms with van der Waals surface area (Å²) < 4.78 is 6.40. The van der Waals surface area contributed by atoms with E-state index in [1.54, 1.807) is 0 Å². The zero-order valence-electron chi connectivity index (χ0n) is 26.4. The molecule has 9 rings (SSSR count). The van der Waals surface area contributed by atoms with E-state index in [2.05, 4.69) is 170 Å². The van der Waals surface area contributed by atoms with Crippen LogP contribution in [0.1, 0.15) is 25.0 Å². The van der Waals surface area contributed by atoms with E-state index in [0.717, 1.165) is 44.4 Å². The number of para-hydroxylation sites is 2. The minimum Gasteiger partial charge on any atom is -0.455 e. The Morgan fingerprint density at radius 1 is 0.468 bits per heavy atom. The highest BCUT2D eigenvalue weighted by molar-refractivity contribution is 6.09. The molecule has 7 aromatic carbocycles. The molecule has 0 saturated carbocycles. The monoisotopic (exact) mass is 603 g/mol. The van der Waals surface area contributed by atoms with Crippen molar-refractivity contribution in [2.75, 3.05) is 4.90 Å². The molecule has 2 heteroatoms. The van der Waals surface area contributed by atoms with E-state index in [-0.39, 0.29) is 5.41 Å². The first-order valence-electron chi connectivity index (χ1n) is 16.3. The normalized spacial score (nSPS) is 13.1. The van der Waals surface area contributed by atoms with E-state index in [0.29, 0.717) is 0 Å². The Labute approximate surface area is 275 Å².